The smallest absolute Gasteiger partial charge is 0.416 e. The summed E-state index contributed by atoms with van der Waals surface area (Å²) in [5.74, 6) is 0.282. The number of aromatic nitrogens is 1. The van der Waals surface area contributed by atoms with Gasteiger partial charge >= 0.3 is 6.18 Å². The van der Waals surface area contributed by atoms with Crippen molar-refractivity contribution in [1.82, 2.24) is 9.29 Å². The molecule has 1 saturated heterocycles. The van der Waals surface area contributed by atoms with Crippen LogP contribution in [0.15, 0.2) is 48.8 Å². The molecule has 27 heavy (non-hydrogen) atoms. The van der Waals surface area contributed by atoms with E-state index in [0.29, 0.717) is 24.3 Å². The molecular formula is C18H19F3N2O3S. The van der Waals surface area contributed by atoms with Gasteiger partial charge in [0, 0.05) is 18.9 Å². The topological polar surface area (TPSA) is 59.5 Å². The molecule has 0 radical (unpaired) electrons. The molecular weight excluding hydrogens is 381 g/mol. The van der Waals surface area contributed by atoms with Crippen LogP contribution >= 0.6 is 0 Å². The molecule has 2 heterocycles. The predicted molar refractivity (Wildman–Crippen MR) is 93.5 cm³/mol. The quantitative estimate of drug-likeness (QED) is 0.771. The van der Waals surface area contributed by atoms with E-state index in [4.69, 9.17) is 4.74 Å². The summed E-state index contributed by atoms with van der Waals surface area (Å²) < 4.78 is 70.4. The third-order valence-electron chi connectivity index (χ3n) is 4.32. The van der Waals surface area contributed by atoms with Gasteiger partial charge in [-0.25, -0.2) is 8.42 Å². The Kier molecular flexibility index (Phi) is 5.71. The second-order valence-electron chi connectivity index (χ2n) is 6.37. The van der Waals surface area contributed by atoms with E-state index in [9.17, 15) is 21.6 Å². The number of alkyl halides is 3. The summed E-state index contributed by atoms with van der Waals surface area (Å²) >= 11 is 0. The SMILES string of the molecule is O=S(=O)(Cc1ccc(C(F)(F)F)cc1)N1CCCC(Oc2ccncc2)C1. The van der Waals surface area contributed by atoms with E-state index in [-0.39, 0.29) is 18.4 Å². The first-order valence-electron chi connectivity index (χ1n) is 8.45. The molecule has 1 fully saturated rings. The molecule has 0 bridgehead atoms. The number of halogens is 3. The molecule has 0 N–H and O–H groups in total. The maximum Gasteiger partial charge on any atom is 0.416 e. The fraction of sp³-hybridized carbons (Fsp3) is 0.389. The second kappa shape index (κ2) is 7.85. The van der Waals surface area contributed by atoms with E-state index in [1.165, 1.54) is 16.4 Å². The van der Waals surface area contributed by atoms with Gasteiger partial charge in [-0.1, -0.05) is 12.1 Å². The molecule has 1 aromatic carbocycles. The van der Waals surface area contributed by atoms with Crippen LogP contribution in [-0.4, -0.2) is 36.9 Å². The maximum atomic E-state index is 12.7. The van der Waals surface area contributed by atoms with Gasteiger partial charge in [-0.3, -0.25) is 4.98 Å². The van der Waals surface area contributed by atoms with Crippen molar-refractivity contribution in [3.63, 3.8) is 0 Å². The third kappa shape index (κ3) is 5.20. The molecule has 5 nitrogen and oxygen atoms in total. The number of ether oxygens (including phenoxy) is 1. The van der Waals surface area contributed by atoms with Crippen LogP contribution in [0.3, 0.4) is 0 Å². The number of benzene rings is 1. The van der Waals surface area contributed by atoms with Crippen LogP contribution in [0.1, 0.15) is 24.0 Å². The average Bonchev–Trinajstić information content (AvgIpc) is 2.62. The van der Waals surface area contributed by atoms with E-state index in [1.54, 1.807) is 24.5 Å². The van der Waals surface area contributed by atoms with Gasteiger partial charge in [0.25, 0.3) is 0 Å². The minimum atomic E-state index is -4.44. The molecule has 1 unspecified atom stereocenters. The summed E-state index contributed by atoms with van der Waals surface area (Å²) in [6, 6.07) is 7.61. The summed E-state index contributed by atoms with van der Waals surface area (Å²) in [6.45, 7) is 0.588. The van der Waals surface area contributed by atoms with Gasteiger partial charge in [0.2, 0.25) is 10.0 Å². The number of hydrogen-bond acceptors (Lipinski definition) is 4. The van der Waals surface area contributed by atoms with Crippen molar-refractivity contribution < 1.29 is 26.3 Å². The van der Waals surface area contributed by atoms with Crippen LogP contribution in [0.4, 0.5) is 13.2 Å². The lowest BCUT2D eigenvalue weighted by atomic mass is 10.1. The molecule has 2 aromatic rings. The van der Waals surface area contributed by atoms with Crippen molar-refractivity contribution in [2.24, 2.45) is 0 Å². The largest absolute Gasteiger partial charge is 0.489 e. The molecule has 3 rings (SSSR count). The predicted octanol–water partition coefficient (Wildman–Crippen LogP) is 3.47. The summed E-state index contributed by atoms with van der Waals surface area (Å²) in [7, 11) is -3.65. The first-order chi connectivity index (χ1) is 12.7. The Morgan fingerprint density at radius 2 is 1.78 bits per heavy atom. The Balaban J connectivity index is 1.65. The van der Waals surface area contributed by atoms with E-state index >= 15 is 0 Å². The fourth-order valence-electron chi connectivity index (χ4n) is 2.95. The molecule has 0 amide bonds. The number of piperidine rings is 1. The van der Waals surface area contributed by atoms with Crippen LogP contribution < -0.4 is 4.74 Å². The van der Waals surface area contributed by atoms with Crippen molar-refractivity contribution in [2.75, 3.05) is 13.1 Å². The molecule has 0 spiro atoms. The Bertz CT molecular complexity index is 856. The highest BCUT2D eigenvalue weighted by atomic mass is 32.2. The zero-order valence-electron chi connectivity index (χ0n) is 14.4. The number of rotatable bonds is 5. The molecule has 0 saturated carbocycles. The molecule has 1 aliphatic heterocycles. The molecule has 146 valence electrons. The van der Waals surface area contributed by atoms with E-state index in [0.717, 1.165) is 18.6 Å². The van der Waals surface area contributed by atoms with Gasteiger partial charge in [0.05, 0.1) is 17.9 Å². The van der Waals surface area contributed by atoms with Gasteiger partial charge in [0.1, 0.15) is 11.9 Å². The standard InChI is InChI=1S/C18H19F3N2O3S/c19-18(20,21)15-5-3-14(4-6-15)13-27(24,25)23-11-1-2-17(12-23)26-16-7-9-22-10-8-16/h3-10,17H,1-2,11-13H2. The first-order valence-corrected chi connectivity index (χ1v) is 10.1. The third-order valence-corrected chi connectivity index (χ3v) is 6.13. The molecule has 1 aromatic heterocycles. The summed E-state index contributed by atoms with van der Waals surface area (Å²) in [5, 5.41) is 0. The Hall–Kier alpha value is -2.13. The zero-order chi connectivity index (χ0) is 19.5. The fourth-order valence-corrected chi connectivity index (χ4v) is 4.55. The molecule has 0 aliphatic carbocycles. The van der Waals surface area contributed by atoms with Crippen LogP contribution in [0.2, 0.25) is 0 Å². The second-order valence-corrected chi connectivity index (χ2v) is 8.34. The summed E-state index contributed by atoms with van der Waals surface area (Å²) in [5.41, 5.74) is -0.479. The number of nitrogens with zero attached hydrogens (tertiary/aromatic N) is 2. The highest BCUT2D eigenvalue weighted by Crippen LogP contribution is 2.29. The minimum absolute atomic E-state index is 0.214. The number of sulfonamides is 1. The lowest BCUT2D eigenvalue weighted by Crippen LogP contribution is -2.44. The van der Waals surface area contributed by atoms with Crippen LogP contribution in [-0.2, 0) is 22.0 Å². The normalized spacial score (nSPS) is 19.0. The molecule has 1 aliphatic rings. The van der Waals surface area contributed by atoms with Crippen molar-refractivity contribution in [3.05, 3.63) is 59.9 Å². The average molecular weight is 400 g/mol. The zero-order valence-corrected chi connectivity index (χ0v) is 15.2. The minimum Gasteiger partial charge on any atom is -0.489 e. The van der Waals surface area contributed by atoms with Crippen LogP contribution in [0.5, 0.6) is 5.75 Å². The highest BCUT2D eigenvalue weighted by molar-refractivity contribution is 7.88. The number of hydrogen-bond donors (Lipinski definition) is 0. The van der Waals surface area contributed by atoms with Crippen molar-refractivity contribution in [1.29, 1.82) is 0 Å². The Morgan fingerprint density at radius 1 is 1.11 bits per heavy atom. The number of pyridine rings is 1. The monoisotopic (exact) mass is 400 g/mol. The van der Waals surface area contributed by atoms with Gasteiger partial charge in [0.15, 0.2) is 0 Å². The maximum absolute atomic E-state index is 12.7. The Morgan fingerprint density at radius 3 is 2.41 bits per heavy atom. The van der Waals surface area contributed by atoms with E-state index in [1.807, 2.05) is 0 Å². The van der Waals surface area contributed by atoms with Gasteiger partial charge < -0.3 is 4.74 Å². The van der Waals surface area contributed by atoms with Crippen LogP contribution in [0.25, 0.3) is 0 Å². The van der Waals surface area contributed by atoms with Crippen molar-refractivity contribution >= 4 is 10.0 Å². The van der Waals surface area contributed by atoms with Crippen LogP contribution in [0, 0.1) is 0 Å². The van der Waals surface area contributed by atoms with E-state index in [2.05, 4.69) is 4.98 Å². The summed E-state index contributed by atoms with van der Waals surface area (Å²) in [4.78, 5) is 3.90. The first kappa shape index (κ1) is 19.6. The highest BCUT2D eigenvalue weighted by Gasteiger charge is 2.32. The Labute approximate surface area is 155 Å². The van der Waals surface area contributed by atoms with Gasteiger partial charge in [-0.05, 0) is 42.7 Å². The van der Waals surface area contributed by atoms with Crippen molar-refractivity contribution in [3.8, 4) is 5.75 Å². The lowest BCUT2D eigenvalue weighted by Gasteiger charge is -2.32. The van der Waals surface area contributed by atoms with Gasteiger partial charge in [-0.2, -0.15) is 17.5 Å². The van der Waals surface area contributed by atoms with Gasteiger partial charge in [-0.15, -0.1) is 0 Å². The molecule has 9 heteroatoms. The van der Waals surface area contributed by atoms with E-state index < -0.39 is 21.8 Å². The summed E-state index contributed by atoms with van der Waals surface area (Å²) in [6.07, 6.45) is -0.143. The lowest BCUT2D eigenvalue weighted by molar-refractivity contribution is -0.137. The van der Waals surface area contributed by atoms with Crippen molar-refractivity contribution in [2.45, 2.75) is 30.9 Å². The molecule has 1 atom stereocenters.